The molecule has 0 spiro atoms. The summed E-state index contributed by atoms with van der Waals surface area (Å²) in [5.74, 6) is 0. The van der Waals surface area contributed by atoms with Gasteiger partial charge in [0.25, 0.3) is 0 Å². The normalized spacial score (nSPS) is 29.2. The molecule has 2 atom stereocenters. The zero-order chi connectivity index (χ0) is 11.7. The summed E-state index contributed by atoms with van der Waals surface area (Å²) in [6, 6.07) is 0. The third kappa shape index (κ3) is 3.26. The first-order chi connectivity index (χ1) is 6.74. The second-order valence-electron chi connectivity index (χ2n) is 5.93. The van der Waals surface area contributed by atoms with Crippen LogP contribution in [0.3, 0.4) is 0 Å². The predicted octanol–water partition coefficient (Wildman–Crippen LogP) is 2.71. The second-order valence-corrected chi connectivity index (χ2v) is 10.7. The summed E-state index contributed by atoms with van der Waals surface area (Å²) in [5, 5.41) is 3.21. The van der Waals surface area contributed by atoms with Gasteiger partial charge in [0.2, 0.25) is 0 Å². The fourth-order valence-electron chi connectivity index (χ4n) is 1.48. The summed E-state index contributed by atoms with van der Waals surface area (Å²) >= 11 is 0. The molecule has 1 N–H and O–H groups in total. The van der Waals surface area contributed by atoms with E-state index in [-0.39, 0.29) is 11.1 Å². The van der Waals surface area contributed by atoms with E-state index in [2.05, 4.69) is 39.2 Å². The first kappa shape index (κ1) is 13.1. The van der Waals surface area contributed by atoms with E-state index in [1.165, 1.54) is 0 Å². The highest BCUT2D eigenvalue weighted by molar-refractivity contribution is 6.74. The highest BCUT2D eigenvalue weighted by Gasteiger charge is 2.41. The van der Waals surface area contributed by atoms with Crippen LogP contribution in [0.25, 0.3) is 0 Å². The van der Waals surface area contributed by atoms with Gasteiger partial charge in [-0.2, -0.15) is 0 Å². The number of hydrogen-bond donors (Lipinski definition) is 1. The van der Waals surface area contributed by atoms with E-state index in [0.29, 0.717) is 6.54 Å². The molecule has 2 nitrogen and oxygen atoms in total. The van der Waals surface area contributed by atoms with Gasteiger partial charge in [0.15, 0.2) is 8.32 Å². The smallest absolute Gasteiger partial charge is 0.192 e. The number of alkyl halides is 1. The molecular weight excluding hydrogens is 209 g/mol. The second kappa shape index (κ2) is 4.51. The van der Waals surface area contributed by atoms with Gasteiger partial charge in [-0.15, -0.1) is 0 Å². The van der Waals surface area contributed by atoms with Crippen LogP contribution in [0.5, 0.6) is 0 Å². The molecule has 1 rings (SSSR count). The molecule has 15 heavy (non-hydrogen) atoms. The highest BCUT2D eigenvalue weighted by atomic mass is 28.4. The van der Waals surface area contributed by atoms with Crippen molar-refractivity contribution in [1.82, 2.24) is 5.32 Å². The number of rotatable bonds is 2. The van der Waals surface area contributed by atoms with Crippen LogP contribution in [0.15, 0.2) is 0 Å². The van der Waals surface area contributed by atoms with Crippen molar-refractivity contribution >= 4 is 8.32 Å². The molecule has 0 aromatic carbocycles. The van der Waals surface area contributed by atoms with Crippen molar-refractivity contribution in [3.63, 3.8) is 0 Å². The Morgan fingerprint density at radius 1 is 1.33 bits per heavy atom. The Kier molecular flexibility index (Phi) is 3.95. The van der Waals surface area contributed by atoms with E-state index in [0.717, 1.165) is 13.0 Å². The maximum atomic E-state index is 13.6. The largest absolute Gasteiger partial charge is 0.411 e. The molecule has 0 aromatic rings. The standard InChI is InChI=1S/C11H24FNOSi/c1-11(2,3)15(4,5)14-10-6-7-13-8-9(10)12/h9-10,13H,6-8H2,1-5H3/t9-,10+/m1/s1. The molecule has 4 heteroatoms. The van der Waals surface area contributed by atoms with Crippen LogP contribution >= 0.6 is 0 Å². The van der Waals surface area contributed by atoms with E-state index in [4.69, 9.17) is 4.43 Å². The van der Waals surface area contributed by atoms with Crippen molar-refractivity contribution < 1.29 is 8.82 Å². The first-order valence-electron chi connectivity index (χ1n) is 5.76. The molecule has 1 saturated heterocycles. The lowest BCUT2D eigenvalue weighted by molar-refractivity contribution is 0.0617. The van der Waals surface area contributed by atoms with Crippen LogP contribution in [0.1, 0.15) is 27.2 Å². The number of nitrogens with one attached hydrogen (secondary N) is 1. The van der Waals surface area contributed by atoms with Gasteiger partial charge >= 0.3 is 0 Å². The maximum absolute atomic E-state index is 13.6. The highest BCUT2D eigenvalue weighted by Crippen LogP contribution is 2.38. The SMILES string of the molecule is CC(C)(C)[Si](C)(C)O[C@H]1CCNC[C@H]1F. The van der Waals surface area contributed by atoms with Gasteiger partial charge in [0.05, 0.1) is 6.10 Å². The summed E-state index contributed by atoms with van der Waals surface area (Å²) in [7, 11) is -1.80. The van der Waals surface area contributed by atoms with E-state index in [1.54, 1.807) is 0 Å². The minimum absolute atomic E-state index is 0.164. The predicted molar refractivity (Wildman–Crippen MR) is 64.5 cm³/mol. The molecule has 0 aliphatic carbocycles. The molecule has 0 unspecified atom stereocenters. The van der Waals surface area contributed by atoms with E-state index in [9.17, 15) is 4.39 Å². The van der Waals surface area contributed by atoms with Gasteiger partial charge in [-0.1, -0.05) is 20.8 Å². The molecule has 1 aliphatic heterocycles. The van der Waals surface area contributed by atoms with Crippen LogP contribution < -0.4 is 5.32 Å². The zero-order valence-corrected chi connectivity index (χ0v) is 11.6. The topological polar surface area (TPSA) is 21.3 Å². The lowest BCUT2D eigenvalue weighted by Crippen LogP contribution is -2.51. The van der Waals surface area contributed by atoms with Crippen LogP contribution in [0, 0.1) is 0 Å². The maximum Gasteiger partial charge on any atom is 0.192 e. The van der Waals surface area contributed by atoms with Crippen LogP contribution in [0.2, 0.25) is 18.1 Å². The van der Waals surface area contributed by atoms with Crippen molar-refractivity contribution in [2.75, 3.05) is 13.1 Å². The number of piperidine rings is 1. The minimum Gasteiger partial charge on any atom is -0.411 e. The first-order valence-corrected chi connectivity index (χ1v) is 8.67. The lowest BCUT2D eigenvalue weighted by atomic mass is 10.1. The Morgan fingerprint density at radius 2 is 1.93 bits per heavy atom. The van der Waals surface area contributed by atoms with Gasteiger partial charge in [-0.3, -0.25) is 0 Å². The molecule has 0 saturated carbocycles. The van der Waals surface area contributed by atoms with Gasteiger partial charge in [-0.25, -0.2) is 4.39 Å². The Balaban J connectivity index is 2.59. The summed E-state index contributed by atoms with van der Waals surface area (Å²) in [6.07, 6.45) is -0.228. The summed E-state index contributed by atoms with van der Waals surface area (Å²) < 4.78 is 19.7. The van der Waals surface area contributed by atoms with Gasteiger partial charge in [0.1, 0.15) is 6.17 Å². The Hall–Kier alpha value is 0.0669. The van der Waals surface area contributed by atoms with Gasteiger partial charge in [-0.05, 0) is 31.1 Å². The third-order valence-electron chi connectivity index (χ3n) is 3.60. The van der Waals surface area contributed by atoms with Crippen molar-refractivity contribution in [1.29, 1.82) is 0 Å². The molecular formula is C11H24FNOSi. The quantitative estimate of drug-likeness (QED) is 0.741. The van der Waals surface area contributed by atoms with E-state index < -0.39 is 14.5 Å². The molecule has 0 aromatic heterocycles. The Bertz CT molecular complexity index is 215. The van der Waals surface area contributed by atoms with Crippen molar-refractivity contribution in [2.45, 2.75) is 57.6 Å². The Labute approximate surface area is 93.7 Å². The van der Waals surface area contributed by atoms with Crippen molar-refractivity contribution in [3.05, 3.63) is 0 Å². The van der Waals surface area contributed by atoms with Crippen LogP contribution in [0.4, 0.5) is 4.39 Å². The average molecular weight is 233 g/mol. The zero-order valence-electron chi connectivity index (χ0n) is 10.6. The van der Waals surface area contributed by atoms with E-state index in [1.807, 2.05) is 0 Å². The minimum atomic E-state index is -1.80. The van der Waals surface area contributed by atoms with Gasteiger partial charge in [0, 0.05) is 6.54 Å². The molecule has 1 heterocycles. The molecule has 0 bridgehead atoms. The number of halogens is 1. The van der Waals surface area contributed by atoms with Crippen molar-refractivity contribution in [3.8, 4) is 0 Å². The molecule has 90 valence electrons. The fourth-order valence-corrected chi connectivity index (χ4v) is 2.86. The monoisotopic (exact) mass is 233 g/mol. The van der Waals surface area contributed by atoms with Crippen LogP contribution in [-0.4, -0.2) is 33.7 Å². The molecule has 0 amide bonds. The average Bonchev–Trinajstić information content (AvgIpc) is 2.06. The number of hydrogen-bond acceptors (Lipinski definition) is 2. The van der Waals surface area contributed by atoms with Crippen molar-refractivity contribution in [2.24, 2.45) is 0 Å². The lowest BCUT2D eigenvalue weighted by Gasteiger charge is -2.41. The fraction of sp³-hybridized carbons (Fsp3) is 1.00. The molecule has 1 aliphatic rings. The summed E-state index contributed by atoms with van der Waals surface area (Å²) in [5.41, 5.74) is 0. The van der Waals surface area contributed by atoms with E-state index >= 15 is 0 Å². The Morgan fingerprint density at radius 3 is 2.40 bits per heavy atom. The van der Waals surface area contributed by atoms with Gasteiger partial charge < -0.3 is 9.74 Å². The summed E-state index contributed by atoms with van der Waals surface area (Å²) in [6.45, 7) is 12.2. The summed E-state index contributed by atoms with van der Waals surface area (Å²) in [4.78, 5) is 0. The molecule has 1 fully saturated rings. The molecule has 0 radical (unpaired) electrons. The van der Waals surface area contributed by atoms with Crippen LogP contribution in [-0.2, 0) is 4.43 Å². The third-order valence-corrected chi connectivity index (χ3v) is 8.10.